The minimum absolute atomic E-state index is 0.0197. The molecule has 0 spiro atoms. The largest absolute Gasteiger partial charge is 0.494 e. The van der Waals surface area contributed by atoms with E-state index in [0.717, 1.165) is 40.5 Å². The molecule has 0 aliphatic carbocycles. The normalized spacial score (nSPS) is 21.2. The van der Waals surface area contributed by atoms with Gasteiger partial charge in [-0.3, -0.25) is 4.79 Å². The zero-order valence-electron chi connectivity index (χ0n) is 14.7. The Balaban J connectivity index is 1.55. The van der Waals surface area contributed by atoms with Gasteiger partial charge in [-0.25, -0.2) is 4.98 Å². The minimum atomic E-state index is 0.0197. The molecule has 0 N–H and O–H groups in total. The van der Waals surface area contributed by atoms with E-state index in [2.05, 4.69) is 4.90 Å². The number of aromatic nitrogens is 1. The summed E-state index contributed by atoms with van der Waals surface area (Å²) in [4.78, 5) is 21.8. The van der Waals surface area contributed by atoms with E-state index < -0.39 is 0 Å². The van der Waals surface area contributed by atoms with Gasteiger partial charge >= 0.3 is 0 Å². The summed E-state index contributed by atoms with van der Waals surface area (Å²) in [6.07, 6.45) is 1.92. The monoisotopic (exact) mass is 395 g/mol. The maximum absolute atomic E-state index is 12.8. The summed E-state index contributed by atoms with van der Waals surface area (Å²) in [5.74, 6) is 0.991. The van der Waals surface area contributed by atoms with Crippen LogP contribution in [0.15, 0.2) is 12.1 Å². The Bertz CT molecular complexity index is 806. The number of rotatable bonds is 3. The number of nitrogens with zero attached hydrogens (tertiary/aromatic N) is 3. The SMILES string of the molecule is COc1ccc(Cl)c2sc(N3CCCC(C(=O)N4CCOCC4)C3)nc12. The van der Waals surface area contributed by atoms with Crippen molar-refractivity contribution in [2.45, 2.75) is 12.8 Å². The first-order chi connectivity index (χ1) is 12.7. The second-order valence-electron chi connectivity index (χ2n) is 6.65. The zero-order valence-corrected chi connectivity index (χ0v) is 16.3. The molecule has 8 heteroatoms. The van der Waals surface area contributed by atoms with E-state index in [4.69, 9.17) is 26.1 Å². The molecule has 0 radical (unpaired) electrons. The van der Waals surface area contributed by atoms with Crippen molar-refractivity contribution in [3.05, 3.63) is 17.2 Å². The third kappa shape index (κ3) is 3.35. The van der Waals surface area contributed by atoms with E-state index in [-0.39, 0.29) is 11.8 Å². The highest BCUT2D eigenvalue weighted by molar-refractivity contribution is 7.22. The van der Waals surface area contributed by atoms with E-state index >= 15 is 0 Å². The van der Waals surface area contributed by atoms with Crippen LogP contribution in [0.25, 0.3) is 10.2 Å². The van der Waals surface area contributed by atoms with Gasteiger partial charge in [0.25, 0.3) is 0 Å². The van der Waals surface area contributed by atoms with Crippen LogP contribution >= 0.6 is 22.9 Å². The molecule has 1 atom stereocenters. The fourth-order valence-electron chi connectivity index (χ4n) is 3.64. The summed E-state index contributed by atoms with van der Waals surface area (Å²) < 4.78 is 11.7. The molecule has 2 aliphatic heterocycles. The van der Waals surface area contributed by atoms with Crippen molar-refractivity contribution in [3.8, 4) is 5.75 Å². The number of methoxy groups -OCH3 is 1. The highest BCUT2D eigenvalue weighted by Crippen LogP contribution is 2.39. The average Bonchev–Trinajstić information content (AvgIpc) is 3.15. The first-order valence-electron chi connectivity index (χ1n) is 8.92. The standard InChI is InChI=1S/C18H22ClN3O3S/c1-24-14-5-4-13(19)16-15(14)20-18(26-16)22-6-2-3-12(11-22)17(23)21-7-9-25-10-8-21/h4-5,12H,2-3,6-11H2,1H3. The van der Waals surface area contributed by atoms with Crippen molar-refractivity contribution < 1.29 is 14.3 Å². The third-order valence-corrected chi connectivity index (χ3v) is 6.61. The van der Waals surface area contributed by atoms with E-state index in [9.17, 15) is 4.79 Å². The predicted octanol–water partition coefficient (Wildman–Crippen LogP) is 3.03. The lowest BCUT2D eigenvalue weighted by molar-refractivity contribution is -0.139. The van der Waals surface area contributed by atoms with Gasteiger partial charge in [-0.05, 0) is 25.0 Å². The van der Waals surface area contributed by atoms with Crippen LogP contribution in [0.2, 0.25) is 5.02 Å². The fraction of sp³-hybridized carbons (Fsp3) is 0.556. The maximum atomic E-state index is 12.8. The predicted molar refractivity (Wildman–Crippen MR) is 104 cm³/mol. The van der Waals surface area contributed by atoms with Crippen LogP contribution < -0.4 is 9.64 Å². The Labute approximate surface area is 161 Å². The number of thiazole rings is 1. The first-order valence-corrected chi connectivity index (χ1v) is 10.1. The van der Waals surface area contributed by atoms with Crippen molar-refractivity contribution in [1.82, 2.24) is 9.88 Å². The Morgan fingerprint density at radius 1 is 1.35 bits per heavy atom. The average molecular weight is 396 g/mol. The number of amides is 1. The lowest BCUT2D eigenvalue weighted by Crippen LogP contribution is -2.48. The van der Waals surface area contributed by atoms with E-state index in [1.165, 1.54) is 0 Å². The molecule has 140 valence electrons. The number of hydrogen-bond acceptors (Lipinski definition) is 6. The third-order valence-electron chi connectivity index (χ3n) is 5.03. The number of fused-ring (bicyclic) bond motifs is 1. The van der Waals surface area contributed by atoms with Gasteiger partial charge < -0.3 is 19.3 Å². The molecule has 4 rings (SSSR count). The van der Waals surface area contributed by atoms with Crippen LogP contribution in [0.3, 0.4) is 0 Å². The van der Waals surface area contributed by atoms with Crippen molar-refractivity contribution in [2.75, 3.05) is 51.4 Å². The molecule has 1 amide bonds. The number of ether oxygens (including phenoxy) is 2. The number of halogens is 1. The molecule has 3 heterocycles. The summed E-state index contributed by atoms with van der Waals surface area (Å²) >= 11 is 7.91. The topological polar surface area (TPSA) is 54.9 Å². The van der Waals surface area contributed by atoms with Crippen LogP contribution in [0.1, 0.15) is 12.8 Å². The van der Waals surface area contributed by atoms with Crippen LogP contribution in [-0.4, -0.2) is 62.3 Å². The van der Waals surface area contributed by atoms with Gasteiger partial charge in [-0.15, -0.1) is 0 Å². The second kappa shape index (κ2) is 7.58. The van der Waals surface area contributed by atoms with Gasteiger partial charge in [0.05, 0.1) is 36.0 Å². The molecular weight excluding hydrogens is 374 g/mol. The van der Waals surface area contributed by atoms with Crippen LogP contribution in [0.4, 0.5) is 5.13 Å². The number of piperidine rings is 1. The summed E-state index contributed by atoms with van der Waals surface area (Å²) in [5.41, 5.74) is 0.793. The van der Waals surface area contributed by atoms with Gasteiger partial charge in [0.1, 0.15) is 11.3 Å². The van der Waals surface area contributed by atoms with Crippen LogP contribution in [-0.2, 0) is 9.53 Å². The van der Waals surface area contributed by atoms with E-state index in [1.54, 1.807) is 18.4 Å². The van der Waals surface area contributed by atoms with Gasteiger partial charge in [0, 0.05) is 26.2 Å². The Morgan fingerprint density at radius 3 is 2.92 bits per heavy atom. The smallest absolute Gasteiger partial charge is 0.227 e. The molecule has 0 bridgehead atoms. The van der Waals surface area contributed by atoms with Gasteiger partial charge in [0.15, 0.2) is 5.13 Å². The van der Waals surface area contributed by atoms with Gasteiger partial charge in [-0.1, -0.05) is 22.9 Å². The van der Waals surface area contributed by atoms with E-state index in [1.807, 2.05) is 17.0 Å². The molecule has 2 aliphatic rings. The lowest BCUT2D eigenvalue weighted by atomic mass is 9.96. The quantitative estimate of drug-likeness (QED) is 0.799. The maximum Gasteiger partial charge on any atom is 0.227 e. The fourth-order valence-corrected chi connectivity index (χ4v) is 4.93. The van der Waals surface area contributed by atoms with Gasteiger partial charge in [-0.2, -0.15) is 0 Å². The van der Waals surface area contributed by atoms with Crippen molar-refractivity contribution in [2.24, 2.45) is 5.92 Å². The van der Waals surface area contributed by atoms with Gasteiger partial charge in [0.2, 0.25) is 5.91 Å². The van der Waals surface area contributed by atoms with Crippen molar-refractivity contribution in [1.29, 1.82) is 0 Å². The summed E-state index contributed by atoms with van der Waals surface area (Å²) in [6.45, 7) is 4.28. The highest BCUT2D eigenvalue weighted by Gasteiger charge is 2.31. The number of carbonyl (C=O) groups excluding carboxylic acids is 1. The number of morpholine rings is 1. The summed E-state index contributed by atoms with van der Waals surface area (Å²) in [6, 6.07) is 3.68. The molecule has 1 unspecified atom stereocenters. The first kappa shape index (κ1) is 17.8. The molecule has 2 saturated heterocycles. The number of anilines is 1. The van der Waals surface area contributed by atoms with Crippen molar-refractivity contribution in [3.63, 3.8) is 0 Å². The Kier molecular flexibility index (Phi) is 5.20. The second-order valence-corrected chi connectivity index (χ2v) is 8.03. The molecule has 1 aromatic carbocycles. The Morgan fingerprint density at radius 2 is 2.15 bits per heavy atom. The van der Waals surface area contributed by atoms with Crippen molar-refractivity contribution >= 4 is 44.2 Å². The zero-order chi connectivity index (χ0) is 18.1. The molecule has 0 saturated carbocycles. The number of carbonyl (C=O) groups is 1. The molecule has 26 heavy (non-hydrogen) atoms. The minimum Gasteiger partial charge on any atom is -0.494 e. The number of benzene rings is 1. The molecule has 2 fully saturated rings. The molecule has 1 aromatic heterocycles. The summed E-state index contributed by atoms with van der Waals surface area (Å²) in [7, 11) is 1.64. The molecule has 2 aromatic rings. The molecule has 6 nitrogen and oxygen atoms in total. The highest BCUT2D eigenvalue weighted by atomic mass is 35.5. The van der Waals surface area contributed by atoms with E-state index in [0.29, 0.717) is 37.9 Å². The lowest BCUT2D eigenvalue weighted by Gasteiger charge is -2.36. The van der Waals surface area contributed by atoms with Crippen LogP contribution in [0, 0.1) is 5.92 Å². The molecular formula is C18H22ClN3O3S. The number of hydrogen-bond donors (Lipinski definition) is 0. The summed E-state index contributed by atoms with van der Waals surface area (Å²) in [5, 5.41) is 1.59. The van der Waals surface area contributed by atoms with Crippen LogP contribution in [0.5, 0.6) is 5.75 Å². The Hall–Kier alpha value is -1.57.